The molecule has 0 aliphatic heterocycles. The molecule has 0 atom stereocenters. The molecule has 0 radical (unpaired) electrons. The predicted molar refractivity (Wildman–Crippen MR) is 97.1 cm³/mol. The first kappa shape index (κ1) is 18.8. The van der Waals surface area contributed by atoms with Crippen LogP contribution in [0.25, 0.3) is 0 Å². The zero-order valence-corrected chi connectivity index (χ0v) is 15.1. The van der Waals surface area contributed by atoms with Gasteiger partial charge in [-0.3, -0.25) is 14.3 Å². The van der Waals surface area contributed by atoms with Crippen LogP contribution in [0.15, 0.2) is 53.4 Å². The average Bonchev–Trinajstić information content (AvgIpc) is 3.44. The summed E-state index contributed by atoms with van der Waals surface area (Å²) in [5.74, 6) is -1.21. The highest BCUT2D eigenvalue weighted by molar-refractivity contribution is 7.92. The van der Waals surface area contributed by atoms with E-state index in [9.17, 15) is 22.4 Å². The number of hydrogen-bond acceptors (Lipinski definition) is 4. The molecule has 7 nitrogen and oxygen atoms in total. The molecule has 1 saturated carbocycles. The third kappa shape index (κ3) is 5.27. The molecule has 1 aliphatic carbocycles. The van der Waals surface area contributed by atoms with Crippen LogP contribution in [-0.4, -0.2) is 32.8 Å². The second kappa shape index (κ2) is 7.75. The molecule has 0 saturated heterocycles. The highest BCUT2D eigenvalue weighted by Crippen LogP contribution is 2.18. The SMILES string of the molecule is O=C(CNC(=O)c1ccc(NS(=O)(=O)c2ccc(F)cc2)cc1)NC1CC1. The third-order valence-corrected chi connectivity index (χ3v) is 5.27. The van der Waals surface area contributed by atoms with Crippen molar-refractivity contribution in [3.8, 4) is 0 Å². The summed E-state index contributed by atoms with van der Waals surface area (Å²) in [5.41, 5.74) is 0.543. The summed E-state index contributed by atoms with van der Waals surface area (Å²) in [6.45, 7) is -0.117. The van der Waals surface area contributed by atoms with Gasteiger partial charge in [0, 0.05) is 17.3 Å². The van der Waals surface area contributed by atoms with Gasteiger partial charge in [0.15, 0.2) is 0 Å². The lowest BCUT2D eigenvalue weighted by Crippen LogP contribution is -2.37. The van der Waals surface area contributed by atoms with Crippen LogP contribution < -0.4 is 15.4 Å². The Hall–Kier alpha value is -2.94. The van der Waals surface area contributed by atoms with E-state index in [1.807, 2.05) is 0 Å². The van der Waals surface area contributed by atoms with Crippen molar-refractivity contribution in [2.45, 2.75) is 23.8 Å². The fourth-order valence-corrected chi connectivity index (χ4v) is 3.35. The van der Waals surface area contributed by atoms with Gasteiger partial charge >= 0.3 is 0 Å². The Morgan fingerprint density at radius 1 is 1.00 bits per heavy atom. The van der Waals surface area contributed by atoms with Crippen LogP contribution >= 0.6 is 0 Å². The molecular weight excluding hydrogens is 373 g/mol. The van der Waals surface area contributed by atoms with Gasteiger partial charge in [0.05, 0.1) is 11.4 Å². The first-order valence-corrected chi connectivity index (χ1v) is 9.78. The molecule has 0 heterocycles. The van der Waals surface area contributed by atoms with Gasteiger partial charge in [0.2, 0.25) is 5.91 Å². The van der Waals surface area contributed by atoms with Crippen LogP contribution in [0.2, 0.25) is 0 Å². The maximum atomic E-state index is 12.9. The van der Waals surface area contributed by atoms with Crippen molar-refractivity contribution in [1.82, 2.24) is 10.6 Å². The van der Waals surface area contributed by atoms with Crippen LogP contribution in [0.3, 0.4) is 0 Å². The summed E-state index contributed by atoms with van der Waals surface area (Å²) in [6, 6.07) is 10.4. The quantitative estimate of drug-likeness (QED) is 0.667. The molecule has 0 aromatic heterocycles. The summed E-state index contributed by atoms with van der Waals surface area (Å²) in [7, 11) is -3.86. The second-order valence-electron chi connectivity index (χ2n) is 6.16. The van der Waals surface area contributed by atoms with E-state index in [-0.39, 0.29) is 29.1 Å². The topological polar surface area (TPSA) is 104 Å². The van der Waals surface area contributed by atoms with Gasteiger partial charge < -0.3 is 10.6 Å². The van der Waals surface area contributed by atoms with Crippen molar-refractivity contribution < 1.29 is 22.4 Å². The number of benzene rings is 2. The second-order valence-corrected chi connectivity index (χ2v) is 7.84. The third-order valence-electron chi connectivity index (χ3n) is 3.88. The van der Waals surface area contributed by atoms with Gasteiger partial charge in [-0.15, -0.1) is 0 Å². The predicted octanol–water partition coefficient (Wildman–Crippen LogP) is 1.63. The van der Waals surface area contributed by atoms with Crippen LogP contribution in [0.4, 0.5) is 10.1 Å². The molecule has 9 heteroatoms. The minimum Gasteiger partial charge on any atom is -0.352 e. The first-order chi connectivity index (χ1) is 12.8. The molecule has 0 unspecified atom stereocenters. The maximum Gasteiger partial charge on any atom is 0.261 e. The number of amides is 2. The molecule has 0 spiro atoms. The largest absolute Gasteiger partial charge is 0.352 e. The molecule has 1 aliphatic rings. The molecule has 142 valence electrons. The first-order valence-electron chi connectivity index (χ1n) is 8.29. The number of anilines is 1. The Labute approximate surface area is 156 Å². The van der Waals surface area contributed by atoms with Gasteiger partial charge in [-0.2, -0.15) is 0 Å². The van der Waals surface area contributed by atoms with E-state index in [0.29, 0.717) is 5.56 Å². The molecule has 2 aromatic rings. The van der Waals surface area contributed by atoms with E-state index in [1.165, 1.54) is 24.3 Å². The number of rotatable bonds is 7. The minimum absolute atomic E-state index is 0.0765. The van der Waals surface area contributed by atoms with Crippen molar-refractivity contribution in [3.05, 3.63) is 59.9 Å². The molecule has 1 fully saturated rings. The Kier molecular flexibility index (Phi) is 5.41. The number of carbonyl (C=O) groups is 2. The standard InChI is InChI=1S/C18H18FN3O4S/c19-13-3-9-16(10-4-13)27(25,26)22-15-5-1-12(2-6-15)18(24)20-11-17(23)21-14-7-8-14/h1-6,9-10,14,22H,7-8,11H2,(H,20,24)(H,21,23). The van der Waals surface area contributed by atoms with E-state index in [1.54, 1.807) is 0 Å². The van der Waals surface area contributed by atoms with E-state index < -0.39 is 21.7 Å². The summed E-state index contributed by atoms with van der Waals surface area (Å²) in [4.78, 5) is 23.5. The smallest absolute Gasteiger partial charge is 0.261 e. The van der Waals surface area contributed by atoms with Gasteiger partial charge in [-0.05, 0) is 61.4 Å². The molecule has 2 amide bonds. The normalized spacial score (nSPS) is 13.7. The fourth-order valence-electron chi connectivity index (χ4n) is 2.29. The Morgan fingerprint density at radius 3 is 2.22 bits per heavy atom. The van der Waals surface area contributed by atoms with E-state index >= 15 is 0 Å². The number of nitrogens with one attached hydrogen (secondary N) is 3. The van der Waals surface area contributed by atoms with E-state index in [4.69, 9.17) is 0 Å². The van der Waals surface area contributed by atoms with Crippen LogP contribution in [-0.2, 0) is 14.8 Å². The van der Waals surface area contributed by atoms with Gasteiger partial charge in [0.25, 0.3) is 15.9 Å². The molecule has 2 aromatic carbocycles. The Balaban J connectivity index is 1.58. The highest BCUT2D eigenvalue weighted by Gasteiger charge is 2.23. The summed E-state index contributed by atoms with van der Waals surface area (Å²) in [5, 5.41) is 5.27. The minimum atomic E-state index is -3.86. The summed E-state index contributed by atoms with van der Waals surface area (Å²) < 4.78 is 39.8. The van der Waals surface area contributed by atoms with E-state index in [2.05, 4.69) is 15.4 Å². The molecular formula is C18H18FN3O4S. The van der Waals surface area contributed by atoms with Gasteiger partial charge in [-0.25, -0.2) is 12.8 Å². The number of halogens is 1. The lowest BCUT2D eigenvalue weighted by atomic mass is 10.2. The van der Waals surface area contributed by atoms with Crippen molar-refractivity contribution in [3.63, 3.8) is 0 Å². The number of hydrogen-bond donors (Lipinski definition) is 3. The Bertz CT molecular complexity index is 940. The monoisotopic (exact) mass is 391 g/mol. The highest BCUT2D eigenvalue weighted by atomic mass is 32.2. The zero-order valence-electron chi connectivity index (χ0n) is 14.2. The number of carbonyl (C=O) groups excluding carboxylic acids is 2. The van der Waals surface area contributed by atoms with Crippen molar-refractivity contribution in [2.24, 2.45) is 0 Å². The molecule has 0 bridgehead atoms. The zero-order chi connectivity index (χ0) is 19.4. The van der Waals surface area contributed by atoms with Crippen LogP contribution in [0.5, 0.6) is 0 Å². The lowest BCUT2D eigenvalue weighted by Gasteiger charge is -2.09. The number of sulfonamides is 1. The van der Waals surface area contributed by atoms with Crippen LogP contribution in [0, 0.1) is 5.82 Å². The van der Waals surface area contributed by atoms with Crippen molar-refractivity contribution in [2.75, 3.05) is 11.3 Å². The lowest BCUT2D eigenvalue weighted by molar-refractivity contribution is -0.120. The van der Waals surface area contributed by atoms with Crippen LogP contribution in [0.1, 0.15) is 23.2 Å². The van der Waals surface area contributed by atoms with Gasteiger partial charge in [-0.1, -0.05) is 0 Å². The molecule has 27 heavy (non-hydrogen) atoms. The average molecular weight is 391 g/mol. The molecule has 3 rings (SSSR count). The van der Waals surface area contributed by atoms with Crippen molar-refractivity contribution >= 4 is 27.5 Å². The van der Waals surface area contributed by atoms with Crippen molar-refractivity contribution in [1.29, 1.82) is 0 Å². The van der Waals surface area contributed by atoms with E-state index in [0.717, 1.165) is 37.1 Å². The summed E-state index contributed by atoms with van der Waals surface area (Å²) in [6.07, 6.45) is 1.93. The van der Waals surface area contributed by atoms with Gasteiger partial charge in [0.1, 0.15) is 5.82 Å². The fraction of sp³-hybridized carbons (Fsp3) is 0.222. The molecule has 3 N–H and O–H groups in total. The summed E-state index contributed by atoms with van der Waals surface area (Å²) >= 11 is 0. The maximum absolute atomic E-state index is 12.9. The Morgan fingerprint density at radius 2 is 1.63 bits per heavy atom.